The van der Waals surface area contributed by atoms with E-state index in [9.17, 15) is 4.39 Å². The molecule has 7 nitrogen and oxygen atoms in total. The Morgan fingerprint density at radius 1 is 1.18 bits per heavy atom. The molecule has 0 spiro atoms. The molecule has 3 aromatic rings. The average molecular weight is 384 g/mol. The van der Waals surface area contributed by atoms with E-state index in [1.165, 1.54) is 0 Å². The summed E-state index contributed by atoms with van der Waals surface area (Å²) in [4.78, 5) is 13.8. The predicted octanol–water partition coefficient (Wildman–Crippen LogP) is 2.47. The number of aromatic nitrogens is 3. The van der Waals surface area contributed by atoms with Crippen molar-refractivity contribution in [1.82, 2.24) is 19.9 Å². The molecule has 1 N–H and O–H groups in total. The number of halogens is 1. The standard InChI is InChI=1S/C20H21FN4O3/c21-14-10-25(9-13-3-4-16-17(8-13)27-7-6-26-16)11-18(14)28-12-19-23-15-2-1-5-22-20(15)24-19/h1-5,8,14,18H,6-7,9-12H2,(H,22,23,24). The van der Waals surface area contributed by atoms with Gasteiger partial charge in [0.25, 0.3) is 0 Å². The summed E-state index contributed by atoms with van der Waals surface area (Å²) < 4.78 is 31.4. The molecule has 2 unspecified atom stereocenters. The molecule has 1 aromatic carbocycles. The maximum atomic E-state index is 14.5. The molecule has 1 fully saturated rings. The molecule has 2 atom stereocenters. The van der Waals surface area contributed by atoms with E-state index in [2.05, 4.69) is 19.9 Å². The first-order chi connectivity index (χ1) is 13.7. The first kappa shape index (κ1) is 17.4. The Hall–Kier alpha value is -2.71. The van der Waals surface area contributed by atoms with Crippen molar-refractivity contribution in [3.05, 3.63) is 47.9 Å². The minimum atomic E-state index is -1.03. The van der Waals surface area contributed by atoms with Crippen LogP contribution in [0.25, 0.3) is 11.2 Å². The van der Waals surface area contributed by atoms with Crippen molar-refractivity contribution in [3.8, 4) is 11.5 Å². The number of nitrogens with zero attached hydrogens (tertiary/aromatic N) is 3. The van der Waals surface area contributed by atoms with Crippen LogP contribution in [0.15, 0.2) is 36.5 Å². The van der Waals surface area contributed by atoms with E-state index in [1.54, 1.807) is 6.20 Å². The summed E-state index contributed by atoms with van der Waals surface area (Å²) in [5.74, 6) is 2.18. The largest absolute Gasteiger partial charge is 0.486 e. The van der Waals surface area contributed by atoms with Gasteiger partial charge in [-0.05, 0) is 29.8 Å². The molecular formula is C20H21FN4O3. The molecule has 2 aromatic heterocycles. The number of rotatable bonds is 5. The van der Waals surface area contributed by atoms with Crippen molar-refractivity contribution in [2.24, 2.45) is 0 Å². The van der Waals surface area contributed by atoms with Crippen LogP contribution in [0.4, 0.5) is 4.39 Å². The number of fused-ring (bicyclic) bond motifs is 2. The number of benzene rings is 1. The van der Waals surface area contributed by atoms with Crippen LogP contribution in [-0.4, -0.2) is 58.4 Å². The third-order valence-corrected chi connectivity index (χ3v) is 5.03. The highest BCUT2D eigenvalue weighted by Crippen LogP contribution is 2.31. The summed E-state index contributed by atoms with van der Waals surface area (Å²) in [6.45, 7) is 2.89. The summed E-state index contributed by atoms with van der Waals surface area (Å²) >= 11 is 0. The molecule has 0 saturated carbocycles. The van der Waals surface area contributed by atoms with E-state index in [-0.39, 0.29) is 6.61 Å². The monoisotopic (exact) mass is 384 g/mol. The quantitative estimate of drug-likeness (QED) is 0.729. The fraction of sp³-hybridized carbons (Fsp3) is 0.400. The van der Waals surface area contributed by atoms with Gasteiger partial charge in [0.15, 0.2) is 17.1 Å². The number of ether oxygens (including phenoxy) is 3. The number of hydrogen-bond donors (Lipinski definition) is 1. The molecule has 4 heterocycles. The highest BCUT2D eigenvalue weighted by atomic mass is 19.1. The lowest BCUT2D eigenvalue weighted by molar-refractivity contribution is 0.00863. The Morgan fingerprint density at radius 2 is 2.07 bits per heavy atom. The smallest absolute Gasteiger partial charge is 0.177 e. The normalized spacial score (nSPS) is 22.0. The van der Waals surface area contributed by atoms with Crippen LogP contribution in [0.2, 0.25) is 0 Å². The Kier molecular flexibility index (Phi) is 4.58. The van der Waals surface area contributed by atoms with E-state index < -0.39 is 12.3 Å². The van der Waals surface area contributed by atoms with E-state index in [0.717, 1.165) is 22.6 Å². The summed E-state index contributed by atoms with van der Waals surface area (Å²) in [6, 6.07) is 9.63. The topological polar surface area (TPSA) is 72.5 Å². The number of likely N-dealkylation sites (tertiary alicyclic amines) is 1. The van der Waals surface area contributed by atoms with Gasteiger partial charge in [0, 0.05) is 25.8 Å². The number of aromatic amines is 1. The second-order valence-corrected chi connectivity index (χ2v) is 7.10. The zero-order chi connectivity index (χ0) is 18.9. The summed E-state index contributed by atoms with van der Waals surface area (Å²) in [7, 11) is 0. The van der Waals surface area contributed by atoms with Gasteiger partial charge in [-0.3, -0.25) is 4.90 Å². The lowest BCUT2D eigenvalue weighted by atomic mass is 10.2. The van der Waals surface area contributed by atoms with Crippen molar-refractivity contribution in [2.45, 2.75) is 25.4 Å². The van der Waals surface area contributed by atoms with Gasteiger partial charge in [-0.25, -0.2) is 14.4 Å². The van der Waals surface area contributed by atoms with Gasteiger partial charge in [-0.15, -0.1) is 0 Å². The lowest BCUT2D eigenvalue weighted by Gasteiger charge is -2.20. The van der Waals surface area contributed by atoms with E-state index in [0.29, 0.717) is 44.3 Å². The number of pyridine rings is 1. The van der Waals surface area contributed by atoms with Crippen LogP contribution in [0, 0.1) is 0 Å². The van der Waals surface area contributed by atoms with Crippen LogP contribution in [0.1, 0.15) is 11.4 Å². The van der Waals surface area contributed by atoms with Gasteiger partial charge in [0.1, 0.15) is 37.9 Å². The van der Waals surface area contributed by atoms with E-state index in [4.69, 9.17) is 14.2 Å². The number of H-pyrrole nitrogens is 1. The van der Waals surface area contributed by atoms with Crippen molar-refractivity contribution in [3.63, 3.8) is 0 Å². The molecule has 8 heteroatoms. The molecule has 0 aliphatic carbocycles. The highest BCUT2D eigenvalue weighted by molar-refractivity contribution is 5.69. The Labute approximate surface area is 161 Å². The minimum Gasteiger partial charge on any atom is -0.486 e. The molecule has 0 bridgehead atoms. The lowest BCUT2D eigenvalue weighted by Crippen LogP contribution is -2.24. The van der Waals surface area contributed by atoms with E-state index in [1.807, 2.05) is 30.3 Å². The fourth-order valence-corrected chi connectivity index (χ4v) is 3.69. The second-order valence-electron chi connectivity index (χ2n) is 7.10. The zero-order valence-electron chi connectivity index (χ0n) is 15.3. The van der Waals surface area contributed by atoms with Crippen LogP contribution in [0.5, 0.6) is 11.5 Å². The first-order valence-corrected chi connectivity index (χ1v) is 9.41. The number of nitrogens with one attached hydrogen (secondary N) is 1. The number of alkyl halides is 1. The number of hydrogen-bond acceptors (Lipinski definition) is 6. The third kappa shape index (κ3) is 3.53. The summed E-state index contributed by atoms with van der Waals surface area (Å²) in [6.07, 6.45) is 0.191. The Bertz CT molecular complexity index is 946. The molecule has 2 aliphatic rings. The molecule has 146 valence electrons. The van der Waals surface area contributed by atoms with Crippen molar-refractivity contribution in [1.29, 1.82) is 0 Å². The van der Waals surface area contributed by atoms with Crippen LogP contribution < -0.4 is 9.47 Å². The maximum absolute atomic E-state index is 14.5. The van der Waals surface area contributed by atoms with Crippen molar-refractivity contribution in [2.75, 3.05) is 26.3 Å². The Morgan fingerprint density at radius 3 is 2.96 bits per heavy atom. The average Bonchev–Trinajstić information content (AvgIpc) is 3.28. The van der Waals surface area contributed by atoms with Gasteiger partial charge in [-0.2, -0.15) is 0 Å². The molecule has 1 saturated heterocycles. The number of imidazole rings is 1. The molecule has 0 amide bonds. The Balaban J connectivity index is 1.19. The summed E-state index contributed by atoms with van der Waals surface area (Å²) in [5, 5.41) is 0. The van der Waals surface area contributed by atoms with Gasteiger partial charge in [0.2, 0.25) is 0 Å². The molecule has 5 rings (SSSR count). The minimum absolute atomic E-state index is 0.235. The van der Waals surface area contributed by atoms with Gasteiger partial charge < -0.3 is 19.2 Å². The molecule has 0 radical (unpaired) electrons. The summed E-state index contributed by atoms with van der Waals surface area (Å²) in [5.41, 5.74) is 2.56. The third-order valence-electron chi connectivity index (χ3n) is 5.03. The van der Waals surface area contributed by atoms with Crippen molar-refractivity contribution < 1.29 is 18.6 Å². The SMILES string of the molecule is FC1CN(Cc2ccc3c(c2)OCCO3)CC1OCc1nc2ncccc2[nH]1. The van der Waals surface area contributed by atoms with Crippen LogP contribution in [0.3, 0.4) is 0 Å². The maximum Gasteiger partial charge on any atom is 0.177 e. The molecule has 2 aliphatic heterocycles. The highest BCUT2D eigenvalue weighted by Gasteiger charge is 2.34. The predicted molar refractivity (Wildman–Crippen MR) is 100 cm³/mol. The van der Waals surface area contributed by atoms with Gasteiger partial charge >= 0.3 is 0 Å². The van der Waals surface area contributed by atoms with Gasteiger partial charge in [-0.1, -0.05) is 6.07 Å². The van der Waals surface area contributed by atoms with E-state index >= 15 is 0 Å². The molecule has 28 heavy (non-hydrogen) atoms. The zero-order valence-corrected chi connectivity index (χ0v) is 15.3. The van der Waals surface area contributed by atoms with Crippen molar-refractivity contribution >= 4 is 11.2 Å². The van der Waals surface area contributed by atoms with Crippen LogP contribution in [-0.2, 0) is 17.9 Å². The molecular weight excluding hydrogens is 363 g/mol. The first-order valence-electron chi connectivity index (χ1n) is 9.41. The second kappa shape index (κ2) is 7.37. The van der Waals surface area contributed by atoms with Crippen LogP contribution >= 0.6 is 0 Å². The van der Waals surface area contributed by atoms with Gasteiger partial charge in [0.05, 0.1) is 5.52 Å². The fourth-order valence-electron chi connectivity index (χ4n) is 3.69.